The number of halogens is 1. The minimum Gasteiger partial charge on any atom is -0.481 e. The first kappa shape index (κ1) is 13.1. The molecule has 1 aromatic carbocycles. The summed E-state index contributed by atoms with van der Waals surface area (Å²) in [6.45, 7) is 4.25. The van der Waals surface area contributed by atoms with Gasteiger partial charge in [-0.15, -0.1) is 0 Å². The molecule has 2 unspecified atom stereocenters. The lowest BCUT2D eigenvalue weighted by molar-refractivity contribution is -0.144. The molecule has 1 N–H and O–H groups in total. The highest BCUT2D eigenvalue weighted by molar-refractivity contribution is 5.71. The maximum absolute atomic E-state index is 13.9. The molecule has 0 heterocycles. The number of hydrogen-bond acceptors (Lipinski definition) is 1. The van der Waals surface area contributed by atoms with Gasteiger partial charge in [-0.3, -0.25) is 4.79 Å². The Bertz CT molecular complexity index is 454. The Balaban J connectivity index is 2.36. The van der Waals surface area contributed by atoms with Gasteiger partial charge in [0.05, 0.1) is 5.92 Å². The van der Waals surface area contributed by atoms with E-state index in [1.54, 1.807) is 18.2 Å². The third-order valence-electron chi connectivity index (χ3n) is 4.01. The first-order valence-corrected chi connectivity index (χ1v) is 6.38. The summed E-state index contributed by atoms with van der Waals surface area (Å²) < 4.78 is 13.9. The number of aliphatic carboxylic acids is 1. The lowest BCUT2D eigenvalue weighted by atomic mass is 9.65. The molecule has 3 heteroatoms. The predicted octanol–water partition coefficient (Wildman–Crippen LogP) is 3.82. The van der Waals surface area contributed by atoms with E-state index in [-0.39, 0.29) is 17.2 Å². The maximum atomic E-state index is 13.9. The Morgan fingerprint density at radius 1 is 1.39 bits per heavy atom. The molecular weight excluding hydrogens is 231 g/mol. The number of hydrogen-bond donors (Lipinski definition) is 1. The zero-order valence-electron chi connectivity index (χ0n) is 10.8. The topological polar surface area (TPSA) is 37.3 Å². The van der Waals surface area contributed by atoms with Crippen LogP contribution in [0.3, 0.4) is 0 Å². The second-order valence-corrected chi connectivity index (χ2v) is 5.98. The van der Waals surface area contributed by atoms with Crippen LogP contribution < -0.4 is 0 Å². The number of rotatable bonds is 2. The van der Waals surface area contributed by atoms with Gasteiger partial charge in [0.2, 0.25) is 0 Å². The second kappa shape index (κ2) is 4.71. The van der Waals surface area contributed by atoms with E-state index < -0.39 is 11.9 Å². The molecule has 2 rings (SSSR count). The van der Waals surface area contributed by atoms with Crippen LogP contribution in [-0.4, -0.2) is 11.1 Å². The van der Waals surface area contributed by atoms with Crippen LogP contribution in [-0.2, 0) is 4.79 Å². The number of carbonyl (C=O) groups is 1. The van der Waals surface area contributed by atoms with E-state index >= 15 is 0 Å². The minimum atomic E-state index is -0.807. The van der Waals surface area contributed by atoms with Crippen molar-refractivity contribution in [2.45, 2.75) is 39.0 Å². The molecule has 1 fully saturated rings. The summed E-state index contributed by atoms with van der Waals surface area (Å²) >= 11 is 0. The first-order chi connectivity index (χ1) is 8.41. The molecule has 0 spiro atoms. The summed E-state index contributed by atoms with van der Waals surface area (Å²) in [5.74, 6) is -1.77. The van der Waals surface area contributed by atoms with E-state index in [2.05, 4.69) is 13.8 Å². The molecule has 1 saturated carbocycles. The second-order valence-electron chi connectivity index (χ2n) is 5.98. The summed E-state index contributed by atoms with van der Waals surface area (Å²) in [4.78, 5) is 11.3. The minimum absolute atomic E-state index is 0.0822. The van der Waals surface area contributed by atoms with E-state index in [1.807, 2.05) is 0 Å². The molecule has 0 amide bonds. The van der Waals surface area contributed by atoms with E-state index in [4.69, 9.17) is 0 Å². The Labute approximate surface area is 107 Å². The standard InChI is InChI=1S/C15H19FO2/c1-15(2)8-7-11(14(17)18)12(9-15)10-5-3-4-6-13(10)16/h3-6,11-12H,7-9H2,1-2H3,(H,17,18). The molecule has 0 radical (unpaired) electrons. The van der Waals surface area contributed by atoms with Gasteiger partial charge in [0, 0.05) is 5.92 Å². The summed E-state index contributed by atoms with van der Waals surface area (Å²) in [7, 11) is 0. The smallest absolute Gasteiger partial charge is 0.307 e. The highest BCUT2D eigenvalue weighted by Crippen LogP contribution is 2.47. The molecule has 18 heavy (non-hydrogen) atoms. The lowest BCUT2D eigenvalue weighted by Crippen LogP contribution is -2.33. The van der Waals surface area contributed by atoms with Crippen LogP contribution >= 0.6 is 0 Å². The Kier molecular flexibility index (Phi) is 3.42. The molecular formula is C15H19FO2. The molecule has 1 aliphatic rings. The van der Waals surface area contributed by atoms with E-state index in [0.717, 1.165) is 12.8 Å². The molecule has 1 aliphatic carbocycles. The van der Waals surface area contributed by atoms with Gasteiger partial charge in [-0.05, 0) is 36.3 Å². The molecule has 0 aromatic heterocycles. The van der Waals surface area contributed by atoms with Crippen molar-refractivity contribution in [3.63, 3.8) is 0 Å². The van der Waals surface area contributed by atoms with Crippen LogP contribution in [0, 0.1) is 17.2 Å². The average molecular weight is 250 g/mol. The molecule has 2 atom stereocenters. The van der Waals surface area contributed by atoms with Crippen LogP contribution in [0.5, 0.6) is 0 Å². The van der Waals surface area contributed by atoms with Gasteiger partial charge in [0.15, 0.2) is 0 Å². The predicted molar refractivity (Wildman–Crippen MR) is 67.9 cm³/mol. The van der Waals surface area contributed by atoms with E-state index in [9.17, 15) is 14.3 Å². The van der Waals surface area contributed by atoms with Crippen molar-refractivity contribution in [1.29, 1.82) is 0 Å². The van der Waals surface area contributed by atoms with Crippen molar-refractivity contribution >= 4 is 5.97 Å². The van der Waals surface area contributed by atoms with E-state index in [0.29, 0.717) is 12.0 Å². The van der Waals surface area contributed by atoms with E-state index in [1.165, 1.54) is 6.07 Å². The number of carboxylic acids is 1. The first-order valence-electron chi connectivity index (χ1n) is 6.38. The van der Waals surface area contributed by atoms with Crippen molar-refractivity contribution in [1.82, 2.24) is 0 Å². The average Bonchev–Trinajstić information content (AvgIpc) is 2.27. The zero-order valence-corrected chi connectivity index (χ0v) is 10.8. The van der Waals surface area contributed by atoms with Crippen LogP contribution in [0.25, 0.3) is 0 Å². The fraction of sp³-hybridized carbons (Fsp3) is 0.533. The summed E-state index contributed by atoms with van der Waals surface area (Å²) in [5.41, 5.74) is 0.636. The Morgan fingerprint density at radius 2 is 2.06 bits per heavy atom. The molecule has 0 bridgehead atoms. The molecule has 0 aliphatic heterocycles. The summed E-state index contributed by atoms with van der Waals surface area (Å²) in [5, 5.41) is 9.31. The van der Waals surface area contributed by atoms with Crippen molar-refractivity contribution < 1.29 is 14.3 Å². The number of carboxylic acid groups (broad SMARTS) is 1. The summed E-state index contributed by atoms with van der Waals surface area (Å²) in [6, 6.07) is 6.55. The summed E-state index contributed by atoms with van der Waals surface area (Å²) in [6.07, 6.45) is 2.24. The van der Waals surface area contributed by atoms with Gasteiger partial charge in [-0.1, -0.05) is 32.0 Å². The third kappa shape index (κ3) is 2.55. The van der Waals surface area contributed by atoms with Crippen LogP contribution in [0.15, 0.2) is 24.3 Å². The highest BCUT2D eigenvalue weighted by Gasteiger charge is 2.40. The van der Waals surface area contributed by atoms with Gasteiger partial charge in [0.25, 0.3) is 0 Å². The molecule has 1 aromatic rings. The van der Waals surface area contributed by atoms with Crippen molar-refractivity contribution in [3.8, 4) is 0 Å². The Hall–Kier alpha value is -1.38. The van der Waals surface area contributed by atoms with Gasteiger partial charge in [-0.25, -0.2) is 4.39 Å². The van der Waals surface area contributed by atoms with Crippen LogP contribution in [0.2, 0.25) is 0 Å². The molecule has 2 nitrogen and oxygen atoms in total. The van der Waals surface area contributed by atoms with Gasteiger partial charge in [-0.2, -0.15) is 0 Å². The van der Waals surface area contributed by atoms with Gasteiger partial charge >= 0.3 is 5.97 Å². The fourth-order valence-electron chi connectivity index (χ4n) is 2.99. The SMILES string of the molecule is CC1(C)CCC(C(=O)O)C(c2ccccc2F)C1. The van der Waals surface area contributed by atoms with Crippen LogP contribution in [0.4, 0.5) is 4.39 Å². The van der Waals surface area contributed by atoms with Crippen molar-refractivity contribution in [3.05, 3.63) is 35.6 Å². The third-order valence-corrected chi connectivity index (χ3v) is 4.01. The van der Waals surface area contributed by atoms with Crippen molar-refractivity contribution in [2.24, 2.45) is 11.3 Å². The molecule has 98 valence electrons. The molecule has 0 saturated heterocycles. The Morgan fingerprint density at radius 3 is 2.67 bits per heavy atom. The van der Waals surface area contributed by atoms with Gasteiger partial charge in [0.1, 0.15) is 5.82 Å². The lowest BCUT2D eigenvalue weighted by Gasteiger charge is -2.39. The van der Waals surface area contributed by atoms with Crippen LogP contribution in [0.1, 0.15) is 44.6 Å². The number of benzene rings is 1. The quantitative estimate of drug-likeness (QED) is 0.866. The monoisotopic (exact) mass is 250 g/mol. The van der Waals surface area contributed by atoms with Crippen molar-refractivity contribution in [2.75, 3.05) is 0 Å². The maximum Gasteiger partial charge on any atom is 0.307 e. The van der Waals surface area contributed by atoms with Gasteiger partial charge < -0.3 is 5.11 Å². The largest absolute Gasteiger partial charge is 0.481 e. The fourth-order valence-corrected chi connectivity index (χ4v) is 2.99. The normalized spacial score (nSPS) is 26.8. The zero-order chi connectivity index (χ0) is 13.3. The highest BCUT2D eigenvalue weighted by atomic mass is 19.1.